The largest absolute Gasteiger partial charge is 0.454 e. The van der Waals surface area contributed by atoms with Gasteiger partial charge in [-0.3, -0.25) is 4.79 Å². The van der Waals surface area contributed by atoms with Crippen molar-refractivity contribution < 1.29 is 14.3 Å². The zero-order valence-electron chi connectivity index (χ0n) is 17.2. The molecule has 1 atom stereocenters. The summed E-state index contributed by atoms with van der Waals surface area (Å²) in [5.41, 5.74) is 6.31. The molecule has 0 bridgehead atoms. The van der Waals surface area contributed by atoms with Crippen LogP contribution in [0.3, 0.4) is 0 Å². The highest BCUT2D eigenvalue weighted by Gasteiger charge is 2.35. The Morgan fingerprint density at radius 3 is 2.68 bits per heavy atom. The minimum absolute atomic E-state index is 0.0342. The number of ether oxygens (including phenoxy) is 2. The average Bonchev–Trinajstić information content (AvgIpc) is 3.42. The molecule has 0 aliphatic carbocycles. The molecule has 0 fully saturated rings. The van der Waals surface area contributed by atoms with E-state index in [0.717, 1.165) is 40.3 Å². The van der Waals surface area contributed by atoms with E-state index in [1.807, 2.05) is 60.4 Å². The highest BCUT2D eigenvalue weighted by Crippen LogP contribution is 2.42. The fraction of sp³-hybridized carbons (Fsp3) is 0.192. The van der Waals surface area contributed by atoms with Crippen molar-refractivity contribution in [1.82, 2.24) is 9.88 Å². The maximum Gasteiger partial charge on any atom is 0.254 e. The highest BCUT2D eigenvalue weighted by molar-refractivity contribution is 5.95. The number of H-pyrrole nitrogens is 1. The van der Waals surface area contributed by atoms with Gasteiger partial charge in [0.1, 0.15) is 0 Å². The quantitative estimate of drug-likeness (QED) is 0.506. The Kier molecular flexibility index (Phi) is 4.03. The monoisotopic (exact) mass is 410 g/mol. The maximum absolute atomic E-state index is 13.6. The Morgan fingerprint density at radius 2 is 1.81 bits per heavy atom. The van der Waals surface area contributed by atoms with Crippen LogP contribution >= 0.6 is 0 Å². The van der Waals surface area contributed by atoms with Crippen LogP contribution in [0.5, 0.6) is 11.5 Å². The molecule has 4 aromatic rings. The van der Waals surface area contributed by atoms with E-state index in [4.69, 9.17) is 9.47 Å². The highest BCUT2D eigenvalue weighted by atomic mass is 16.7. The molecule has 0 saturated heterocycles. The summed E-state index contributed by atoms with van der Waals surface area (Å²) in [6, 6.07) is 21.9. The number of amides is 1. The van der Waals surface area contributed by atoms with Crippen molar-refractivity contribution >= 4 is 16.8 Å². The molecule has 0 unspecified atom stereocenters. The summed E-state index contributed by atoms with van der Waals surface area (Å²) in [5.74, 6) is 1.50. The average molecular weight is 410 g/mol. The Balaban J connectivity index is 1.51. The summed E-state index contributed by atoms with van der Waals surface area (Å²) in [6.45, 7) is 2.91. The number of carbonyl (C=O) groups excluding carboxylic acids is 1. The van der Waals surface area contributed by atoms with Gasteiger partial charge in [-0.1, -0.05) is 42.0 Å². The van der Waals surface area contributed by atoms with Crippen LogP contribution in [-0.2, 0) is 6.42 Å². The molecule has 5 nitrogen and oxygen atoms in total. The number of aryl methyl sites for hydroxylation is 1. The molecule has 2 aliphatic rings. The van der Waals surface area contributed by atoms with Gasteiger partial charge in [0.05, 0.1) is 6.04 Å². The van der Waals surface area contributed by atoms with Crippen LogP contribution in [0.15, 0.2) is 66.7 Å². The van der Waals surface area contributed by atoms with E-state index in [1.54, 1.807) is 0 Å². The Morgan fingerprint density at radius 1 is 1.00 bits per heavy atom. The molecule has 1 N–H and O–H groups in total. The van der Waals surface area contributed by atoms with Crippen LogP contribution in [0.2, 0.25) is 0 Å². The predicted octanol–water partition coefficient (Wildman–Crippen LogP) is 4.99. The van der Waals surface area contributed by atoms with Crippen LogP contribution in [-0.4, -0.2) is 29.1 Å². The first-order valence-corrected chi connectivity index (χ1v) is 10.6. The summed E-state index contributed by atoms with van der Waals surface area (Å²) >= 11 is 0. The van der Waals surface area contributed by atoms with Crippen LogP contribution in [0, 0.1) is 6.92 Å². The first-order valence-electron chi connectivity index (χ1n) is 10.6. The topological polar surface area (TPSA) is 54.6 Å². The lowest BCUT2D eigenvalue weighted by molar-refractivity contribution is 0.0691. The number of carbonyl (C=O) groups is 1. The van der Waals surface area contributed by atoms with Gasteiger partial charge in [0.25, 0.3) is 5.91 Å². The minimum atomic E-state index is -0.223. The van der Waals surface area contributed by atoms with Gasteiger partial charge in [0.15, 0.2) is 11.5 Å². The molecular weight excluding hydrogens is 388 g/mol. The number of fused-ring (bicyclic) bond motifs is 4. The van der Waals surface area contributed by atoms with Crippen LogP contribution in [0.4, 0.5) is 0 Å². The third-order valence-electron chi connectivity index (χ3n) is 6.31. The Bertz CT molecular complexity index is 1310. The molecule has 0 spiro atoms. The second-order valence-electron chi connectivity index (χ2n) is 8.19. The number of rotatable bonds is 2. The number of hydrogen-bond donors (Lipinski definition) is 1. The van der Waals surface area contributed by atoms with Gasteiger partial charge in [-0.2, -0.15) is 0 Å². The van der Waals surface area contributed by atoms with E-state index < -0.39 is 0 Å². The van der Waals surface area contributed by atoms with Gasteiger partial charge in [-0.05, 0) is 54.8 Å². The summed E-state index contributed by atoms with van der Waals surface area (Å²) in [4.78, 5) is 19.2. The second-order valence-corrected chi connectivity index (χ2v) is 8.19. The van der Waals surface area contributed by atoms with Crippen molar-refractivity contribution in [2.24, 2.45) is 0 Å². The molecule has 1 aromatic heterocycles. The van der Waals surface area contributed by atoms with Gasteiger partial charge < -0.3 is 19.4 Å². The normalized spacial score (nSPS) is 17.1. The smallest absolute Gasteiger partial charge is 0.254 e. The number of hydrogen-bond acceptors (Lipinski definition) is 3. The molecule has 0 saturated carbocycles. The zero-order valence-corrected chi connectivity index (χ0v) is 17.2. The zero-order chi connectivity index (χ0) is 20.9. The van der Waals surface area contributed by atoms with Gasteiger partial charge >= 0.3 is 0 Å². The molecule has 6 rings (SSSR count). The molecule has 5 heteroatoms. The van der Waals surface area contributed by atoms with E-state index in [9.17, 15) is 4.79 Å². The van der Waals surface area contributed by atoms with E-state index in [0.29, 0.717) is 12.1 Å². The second kappa shape index (κ2) is 6.91. The third kappa shape index (κ3) is 2.88. The van der Waals surface area contributed by atoms with Crippen LogP contribution < -0.4 is 9.47 Å². The van der Waals surface area contributed by atoms with E-state index >= 15 is 0 Å². The number of para-hydroxylation sites is 1. The molecule has 0 radical (unpaired) electrons. The number of aromatic amines is 1. The van der Waals surface area contributed by atoms with Crippen molar-refractivity contribution in [1.29, 1.82) is 0 Å². The first-order chi connectivity index (χ1) is 15.2. The van der Waals surface area contributed by atoms with Crippen molar-refractivity contribution in [3.63, 3.8) is 0 Å². The summed E-state index contributed by atoms with van der Waals surface area (Å²) in [7, 11) is 0. The lowest BCUT2D eigenvalue weighted by Crippen LogP contribution is -2.40. The third-order valence-corrected chi connectivity index (χ3v) is 6.31. The fourth-order valence-electron chi connectivity index (χ4n) is 4.75. The van der Waals surface area contributed by atoms with Gasteiger partial charge in [0.2, 0.25) is 6.79 Å². The lowest BCUT2D eigenvalue weighted by atomic mass is 9.91. The first kappa shape index (κ1) is 18.1. The molecule has 3 heterocycles. The number of nitrogens with one attached hydrogen (secondary N) is 1. The molecule has 2 aliphatic heterocycles. The van der Waals surface area contributed by atoms with Crippen molar-refractivity contribution in [2.45, 2.75) is 19.4 Å². The maximum atomic E-state index is 13.6. The molecule has 154 valence electrons. The standard InChI is InChI=1S/C26H22N2O3/c1-16-6-8-17(9-7-16)26(29)28-13-12-20-19-4-2-3-5-21(19)27-24(20)25(28)18-10-11-22-23(14-18)31-15-30-22/h2-11,14,25,27H,12-13,15H2,1H3/t25-/m0/s1. The van der Waals surface area contributed by atoms with E-state index in [2.05, 4.69) is 23.2 Å². The molecule has 3 aromatic carbocycles. The van der Waals surface area contributed by atoms with Crippen LogP contribution in [0.1, 0.15) is 38.8 Å². The van der Waals surface area contributed by atoms with Crippen molar-refractivity contribution in [2.75, 3.05) is 13.3 Å². The summed E-state index contributed by atoms with van der Waals surface area (Å²) < 4.78 is 11.1. The fourth-order valence-corrected chi connectivity index (χ4v) is 4.75. The minimum Gasteiger partial charge on any atom is -0.454 e. The summed E-state index contributed by atoms with van der Waals surface area (Å²) in [6.07, 6.45) is 0.817. The van der Waals surface area contributed by atoms with E-state index in [-0.39, 0.29) is 18.7 Å². The summed E-state index contributed by atoms with van der Waals surface area (Å²) in [5, 5.41) is 1.23. The van der Waals surface area contributed by atoms with Crippen LogP contribution in [0.25, 0.3) is 10.9 Å². The predicted molar refractivity (Wildman–Crippen MR) is 119 cm³/mol. The Hall–Kier alpha value is -3.73. The number of benzene rings is 3. The van der Waals surface area contributed by atoms with Crippen molar-refractivity contribution in [3.8, 4) is 11.5 Å². The van der Waals surface area contributed by atoms with Crippen molar-refractivity contribution in [3.05, 3.63) is 94.7 Å². The molecular formula is C26H22N2O3. The molecule has 1 amide bonds. The number of nitrogens with zero attached hydrogens (tertiary/aromatic N) is 1. The number of aromatic nitrogens is 1. The van der Waals surface area contributed by atoms with Gasteiger partial charge in [0, 0.05) is 28.7 Å². The molecule has 31 heavy (non-hydrogen) atoms. The SMILES string of the molecule is Cc1ccc(C(=O)N2CCc3c([nH]c4ccccc34)[C@@H]2c2ccc3c(c2)OCO3)cc1. The van der Waals surface area contributed by atoms with E-state index in [1.165, 1.54) is 10.9 Å². The van der Waals surface area contributed by atoms with Gasteiger partial charge in [-0.25, -0.2) is 0 Å². The lowest BCUT2D eigenvalue weighted by Gasteiger charge is -2.36. The van der Waals surface area contributed by atoms with Gasteiger partial charge in [-0.15, -0.1) is 0 Å². The Labute approximate surface area is 180 Å².